The summed E-state index contributed by atoms with van der Waals surface area (Å²) in [5, 5.41) is 20.7. The first kappa shape index (κ1) is 14.2. The molecule has 0 radical (unpaired) electrons. The van der Waals surface area contributed by atoms with Crippen molar-refractivity contribution in [1.29, 1.82) is 5.26 Å². The molecule has 5 nitrogen and oxygen atoms in total. The van der Waals surface area contributed by atoms with Gasteiger partial charge >= 0.3 is 5.97 Å². The molecule has 0 bridgehead atoms. The Kier molecular flexibility index (Phi) is 4.49. The standard InChI is InChI=1S/C13H18N2O3/c1-9(10(2)12(17)18)11(16)15-13(8-14)6-4-3-5-7-13/h3-7H2,1-2H3,(H,15,16)(H,17,18). The van der Waals surface area contributed by atoms with Crippen LogP contribution in [0, 0.1) is 11.3 Å². The molecule has 18 heavy (non-hydrogen) atoms. The minimum absolute atomic E-state index is 0.0106. The van der Waals surface area contributed by atoms with E-state index in [2.05, 4.69) is 11.4 Å². The quantitative estimate of drug-likeness (QED) is 0.746. The highest BCUT2D eigenvalue weighted by Gasteiger charge is 2.34. The molecule has 2 N–H and O–H groups in total. The van der Waals surface area contributed by atoms with Crippen LogP contribution in [0.5, 0.6) is 0 Å². The van der Waals surface area contributed by atoms with E-state index in [1.807, 2.05) is 0 Å². The molecular weight excluding hydrogens is 232 g/mol. The Hall–Kier alpha value is -1.83. The molecule has 0 aliphatic heterocycles. The predicted octanol–water partition coefficient (Wildman–Crippen LogP) is 1.75. The van der Waals surface area contributed by atoms with E-state index in [0.29, 0.717) is 12.8 Å². The molecule has 0 saturated heterocycles. The molecule has 1 aliphatic rings. The first-order valence-corrected chi connectivity index (χ1v) is 6.06. The molecule has 0 unspecified atom stereocenters. The summed E-state index contributed by atoms with van der Waals surface area (Å²) in [6.07, 6.45) is 4.16. The minimum Gasteiger partial charge on any atom is -0.478 e. The average Bonchev–Trinajstić information content (AvgIpc) is 2.37. The first-order valence-electron chi connectivity index (χ1n) is 6.06. The van der Waals surface area contributed by atoms with Gasteiger partial charge in [-0.2, -0.15) is 5.26 Å². The van der Waals surface area contributed by atoms with Crippen molar-refractivity contribution in [2.75, 3.05) is 0 Å². The van der Waals surface area contributed by atoms with Gasteiger partial charge in [0, 0.05) is 11.1 Å². The lowest BCUT2D eigenvalue weighted by atomic mass is 9.82. The van der Waals surface area contributed by atoms with Crippen molar-refractivity contribution in [3.05, 3.63) is 11.1 Å². The van der Waals surface area contributed by atoms with E-state index in [9.17, 15) is 14.9 Å². The Morgan fingerprint density at radius 2 is 1.72 bits per heavy atom. The SMILES string of the molecule is CC(C(=O)O)=C(C)C(=O)NC1(C#N)CCCCC1. The van der Waals surface area contributed by atoms with E-state index < -0.39 is 17.4 Å². The van der Waals surface area contributed by atoms with E-state index >= 15 is 0 Å². The van der Waals surface area contributed by atoms with Crippen LogP contribution in [0.1, 0.15) is 46.0 Å². The second-order valence-electron chi connectivity index (χ2n) is 4.76. The zero-order valence-corrected chi connectivity index (χ0v) is 10.7. The fourth-order valence-corrected chi connectivity index (χ4v) is 2.06. The zero-order chi connectivity index (χ0) is 13.8. The molecular formula is C13H18N2O3. The van der Waals surface area contributed by atoms with Crippen molar-refractivity contribution in [3.63, 3.8) is 0 Å². The number of carbonyl (C=O) groups is 2. The number of nitrogens with zero attached hydrogens (tertiary/aromatic N) is 1. The van der Waals surface area contributed by atoms with Crippen LogP contribution in [0.4, 0.5) is 0 Å². The molecule has 0 heterocycles. The van der Waals surface area contributed by atoms with Crippen molar-refractivity contribution in [2.24, 2.45) is 0 Å². The highest BCUT2D eigenvalue weighted by molar-refractivity contribution is 6.01. The lowest BCUT2D eigenvalue weighted by Gasteiger charge is -2.31. The molecule has 0 atom stereocenters. The summed E-state index contributed by atoms with van der Waals surface area (Å²) in [4.78, 5) is 22.7. The number of nitrogens with one attached hydrogen (secondary N) is 1. The highest BCUT2D eigenvalue weighted by Crippen LogP contribution is 2.27. The van der Waals surface area contributed by atoms with E-state index in [1.54, 1.807) is 0 Å². The lowest BCUT2D eigenvalue weighted by molar-refractivity contribution is -0.133. The Morgan fingerprint density at radius 1 is 1.17 bits per heavy atom. The maximum atomic E-state index is 11.9. The van der Waals surface area contributed by atoms with Crippen molar-refractivity contribution >= 4 is 11.9 Å². The van der Waals surface area contributed by atoms with Crippen LogP contribution in [0.25, 0.3) is 0 Å². The largest absolute Gasteiger partial charge is 0.478 e. The van der Waals surface area contributed by atoms with Gasteiger partial charge in [0.1, 0.15) is 5.54 Å². The van der Waals surface area contributed by atoms with Gasteiger partial charge < -0.3 is 10.4 Å². The van der Waals surface area contributed by atoms with E-state index in [4.69, 9.17) is 5.11 Å². The molecule has 5 heteroatoms. The van der Waals surface area contributed by atoms with Crippen LogP contribution in [-0.4, -0.2) is 22.5 Å². The van der Waals surface area contributed by atoms with Crippen molar-refractivity contribution in [3.8, 4) is 6.07 Å². The summed E-state index contributed by atoms with van der Waals surface area (Å²) in [6, 6.07) is 2.17. The predicted molar refractivity (Wildman–Crippen MR) is 65.6 cm³/mol. The summed E-state index contributed by atoms with van der Waals surface area (Å²) in [7, 11) is 0. The smallest absolute Gasteiger partial charge is 0.331 e. The number of carboxylic acids is 1. The number of carboxylic acid groups (broad SMARTS) is 1. The van der Waals surface area contributed by atoms with Gasteiger partial charge in [0.2, 0.25) is 5.91 Å². The molecule has 0 aromatic rings. The maximum Gasteiger partial charge on any atom is 0.331 e. The topological polar surface area (TPSA) is 90.2 Å². The number of nitriles is 1. The van der Waals surface area contributed by atoms with Gasteiger partial charge in [-0.1, -0.05) is 19.3 Å². The number of carbonyl (C=O) groups excluding carboxylic acids is 1. The van der Waals surface area contributed by atoms with Gasteiger partial charge in [-0.25, -0.2) is 4.79 Å². The molecule has 1 aliphatic carbocycles. The van der Waals surface area contributed by atoms with Crippen molar-refractivity contribution in [1.82, 2.24) is 5.32 Å². The highest BCUT2D eigenvalue weighted by atomic mass is 16.4. The number of amides is 1. The zero-order valence-electron chi connectivity index (χ0n) is 10.7. The van der Waals surface area contributed by atoms with Gasteiger partial charge in [0.05, 0.1) is 6.07 Å². The molecule has 1 rings (SSSR count). The summed E-state index contributed by atoms with van der Waals surface area (Å²) >= 11 is 0. The van der Waals surface area contributed by atoms with Gasteiger partial charge in [-0.15, -0.1) is 0 Å². The van der Waals surface area contributed by atoms with Crippen LogP contribution in [0.2, 0.25) is 0 Å². The Labute approximate surface area is 106 Å². The number of hydrogen-bond donors (Lipinski definition) is 2. The van der Waals surface area contributed by atoms with Crippen LogP contribution in [0.3, 0.4) is 0 Å². The van der Waals surface area contributed by atoms with E-state index in [0.717, 1.165) is 19.3 Å². The Morgan fingerprint density at radius 3 is 2.17 bits per heavy atom. The summed E-state index contributed by atoms with van der Waals surface area (Å²) in [5.74, 6) is -1.57. The van der Waals surface area contributed by atoms with Crippen molar-refractivity contribution < 1.29 is 14.7 Å². The van der Waals surface area contributed by atoms with Crippen molar-refractivity contribution in [2.45, 2.75) is 51.5 Å². The van der Waals surface area contributed by atoms with Crippen LogP contribution in [-0.2, 0) is 9.59 Å². The number of hydrogen-bond acceptors (Lipinski definition) is 3. The summed E-state index contributed by atoms with van der Waals surface area (Å²) in [5.41, 5.74) is -0.658. The fourth-order valence-electron chi connectivity index (χ4n) is 2.06. The number of rotatable bonds is 3. The third-order valence-corrected chi connectivity index (χ3v) is 3.50. The molecule has 1 saturated carbocycles. The number of aliphatic carboxylic acids is 1. The second-order valence-corrected chi connectivity index (χ2v) is 4.76. The summed E-state index contributed by atoms with van der Waals surface area (Å²) in [6.45, 7) is 2.85. The van der Waals surface area contributed by atoms with E-state index in [-0.39, 0.29) is 11.1 Å². The van der Waals surface area contributed by atoms with Gasteiger partial charge in [-0.3, -0.25) is 4.79 Å². The van der Waals surface area contributed by atoms with Crippen LogP contribution >= 0.6 is 0 Å². The minimum atomic E-state index is -1.11. The lowest BCUT2D eigenvalue weighted by Crippen LogP contribution is -2.49. The van der Waals surface area contributed by atoms with Crippen LogP contribution < -0.4 is 5.32 Å². The third kappa shape index (κ3) is 3.10. The third-order valence-electron chi connectivity index (χ3n) is 3.50. The second kappa shape index (κ2) is 5.67. The molecule has 98 valence electrons. The maximum absolute atomic E-state index is 11.9. The van der Waals surface area contributed by atoms with Gasteiger partial charge in [0.25, 0.3) is 0 Å². The monoisotopic (exact) mass is 250 g/mol. The normalized spacial score (nSPS) is 19.4. The van der Waals surface area contributed by atoms with Crippen LogP contribution in [0.15, 0.2) is 11.1 Å². The molecule has 0 aromatic heterocycles. The van der Waals surface area contributed by atoms with Gasteiger partial charge in [0.15, 0.2) is 0 Å². The Balaban J connectivity index is 2.84. The van der Waals surface area contributed by atoms with Gasteiger partial charge in [-0.05, 0) is 26.7 Å². The fraction of sp³-hybridized carbons (Fsp3) is 0.615. The molecule has 0 spiro atoms. The first-order chi connectivity index (χ1) is 8.42. The molecule has 0 aromatic carbocycles. The Bertz CT molecular complexity index is 426. The van der Waals surface area contributed by atoms with E-state index in [1.165, 1.54) is 13.8 Å². The average molecular weight is 250 g/mol. The molecule has 1 fully saturated rings. The molecule has 1 amide bonds. The summed E-state index contributed by atoms with van der Waals surface area (Å²) < 4.78 is 0.